The van der Waals surface area contributed by atoms with Crippen LogP contribution in [0.5, 0.6) is 0 Å². The monoisotopic (exact) mass is 304 g/mol. The van der Waals surface area contributed by atoms with Crippen LogP contribution in [-0.2, 0) is 11.2 Å². The van der Waals surface area contributed by atoms with Crippen molar-refractivity contribution < 1.29 is 18.4 Å². The first-order valence-corrected chi connectivity index (χ1v) is 6.59. The zero-order valence-corrected chi connectivity index (χ0v) is 11.6. The summed E-state index contributed by atoms with van der Waals surface area (Å²) in [7, 11) is 0. The lowest BCUT2D eigenvalue weighted by atomic mass is 10.1. The van der Waals surface area contributed by atoms with Crippen LogP contribution < -0.4 is 11.1 Å². The Kier molecular flexibility index (Phi) is 4.83. The van der Waals surface area contributed by atoms with Crippen molar-refractivity contribution in [1.82, 2.24) is 0 Å². The van der Waals surface area contributed by atoms with Crippen LogP contribution in [0.25, 0.3) is 0 Å². The van der Waals surface area contributed by atoms with Crippen LogP contribution in [-0.4, -0.2) is 11.8 Å². The van der Waals surface area contributed by atoms with Crippen LogP contribution in [0.2, 0.25) is 0 Å². The van der Waals surface area contributed by atoms with E-state index in [-0.39, 0.29) is 24.3 Å². The minimum atomic E-state index is -0.556. The zero-order valence-electron chi connectivity index (χ0n) is 11.6. The number of nitrogens with one attached hydrogen (secondary N) is 1. The van der Waals surface area contributed by atoms with E-state index in [2.05, 4.69) is 5.32 Å². The summed E-state index contributed by atoms with van der Waals surface area (Å²) in [5.41, 5.74) is 6.09. The highest BCUT2D eigenvalue weighted by molar-refractivity contribution is 5.94. The highest BCUT2D eigenvalue weighted by Crippen LogP contribution is 2.13. The Morgan fingerprint density at radius 2 is 1.73 bits per heavy atom. The quantitative estimate of drug-likeness (QED) is 0.891. The van der Waals surface area contributed by atoms with Gasteiger partial charge >= 0.3 is 0 Å². The number of primary amides is 1. The molecule has 6 heteroatoms. The fourth-order valence-electron chi connectivity index (χ4n) is 1.92. The lowest BCUT2D eigenvalue weighted by Crippen LogP contribution is -2.14. The summed E-state index contributed by atoms with van der Waals surface area (Å²) in [5, 5.41) is 2.61. The van der Waals surface area contributed by atoms with Crippen molar-refractivity contribution in [1.29, 1.82) is 0 Å². The Morgan fingerprint density at radius 3 is 2.36 bits per heavy atom. The van der Waals surface area contributed by atoms with Gasteiger partial charge in [0.05, 0.1) is 0 Å². The smallest absolute Gasteiger partial charge is 0.248 e. The molecule has 0 radical (unpaired) electrons. The summed E-state index contributed by atoms with van der Waals surface area (Å²) in [6.45, 7) is 0. The van der Waals surface area contributed by atoms with Gasteiger partial charge in [-0.15, -0.1) is 0 Å². The van der Waals surface area contributed by atoms with Gasteiger partial charge in [-0.3, -0.25) is 9.59 Å². The second kappa shape index (κ2) is 6.80. The van der Waals surface area contributed by atoms with Gasteiger partial charge in [-0.1, -0.05) is 0 Å². The molecule has 2 amide bonds. The maximum atomic E-state index is 13.4. The number of anilines is 1. The molecule has 0 bridgehead atoms. The molecule has 0 fully saturated rings. The van der Waals surface area contributed by atoms with E-state index in [0.29, 0.717) is 11.3 Å². The number of rotatable bonds is 5. The molecule has 3 N–H and O–H groups in total. The normalized spacial score (nSPS) is 10.3. The van der Waals surface area contributed by atoms with Crippen LogP contribution in [0.3, 0.4) is 0 Å². The minimum absolute atomic E-state index is 0.0118. The summed E-state index contributed by atoms with van der Waals surface area (Å²) in [4.78, 5) is 22.7. The Bertz CT molecular complexity index is 700. The van der Waals surface area contributed by atoms with E-state index < -0.39 is 17.5 Å². The van der Waals surface area contributed by atoms with Gasteiger partial charge in [0.15, 0.2) is 0 Å². The van der Waals surface area contributed by atoms with Gasteiger partial charge in [-0.2, -0.15) is 0 Å². The summed E-state index contributed by atoms with van der Waals surface area (Å²) in [6, 6.07) is 9.20. The van der Waals surface area contributed by atoms with Crippen LogP contribution in [0.15, 0.2) is 42.5 Å². The van der Waals surface area contributed by atoms with Crippen molar-refractivity contribution in [3.05, 3.63) is 65.2 Å². The summed E-state index contributed by atoms with van der Waals surface area (Å²) < 4.78 is 26.4. The minimum Gasteiger partial charge on any atom is -0.366 e. The number of carbonyl (C=O) groups is 2. The number of hydrogen-bond donors (Lipinski definition) is 2. The lowest BCUT2D eigenvalue weighted by Gasteiger charge is -2.06. The second-order valence-corrected chi connectivity index (χ2v) is 4.73. The fraction of sp³-hybridized carbons (Fsp3) is 0.125. The first kappa shape index (κ1) is 15.6. The van der Waals surface area contributed by atoms with Crippen molar-refractivity contribution in [2.45, 2.75) is 12.8 Å². The molecule has 2 aromatic rings. The largest absolute Gasteiger partial charge is 0.366 e. The van der Waals surface area contributed by atoms with Crippen LogP contribution in [0.1, 0.15) is 22.3 Å². The molecule has 0 saturated heterocycles. The van der Waals surface area contributed by atoms with Crippen LogP contribution in [0.4, 0.5) is 14.5 Å². The van der Waals surface area contributed by atoms with Gasteiger partial charge in [0.25, 0.3) is 0 Å². The number of benzene rings is 2. The van der Waals surface area contributed by atoms with Crippen molar-refractivity contribution in [2.24, 2.45) is 5.73 Å². The molecule has 2 aromatic carbocycles. The standard InChI is InChI=1S/C16H14F2N2O2/c17-12-4-7-14(18)11(9-12)3-8-15(21)20-13-5-1-10(2-6-13)16(19)22/h1-2,4-7,9H,3,8H2,(H2,19,22)(H,20,21). The third-order valence-corrected chi connectivity index (χ3v) is 3.08. The van der Waals surface area contributed by atoms with E-state index in [1.165, 1.54) is 12.1 Å². The van der Waals surface area contributed by atoms with E-state index >= 15 is 0 Å². The number of nitrogens with two attached hydrogens (primary N) is 1. The molecular formula is C16H14F2N2O2. The molecule has 4 nitrogen and oxygen atoms in total. The average Bonchev–Trinajstić information content (AvgIpc) is 2.49. The molecule has 2 rings (SSSR count). The molecule has 0 aliphatic heterocycles. The molecule has 114 valence electrons. The molecule has 0 aromatic heterocycles. The molecule has 0 aliphatic carbocycles. The second-order valence-electron chi connectivity index (χ2n) is 4.73. The predicted octanol–water partition coefficient (Wildman–Crippen LogP) is 2.64. The van der Waals surface area contributed by atoms with Gasteiger partial charge in [0.1, 0.15) is 11.6 Å². The Balaban J connectivity index is 1.92. The van der Waals surface area contributed by atoms with E-state index in [9.17, 15) is 18.4 Å². The Labute approximate surface area is 125 Å². The van der Waals surface area contributed by atoms with Crippen LogP contribution >= 0.6 is 0 Å². The highest BCUT2D eigenvalue weighted by atomic mass is 19.1. The fourth-order valence-corrected chi connectivity index (χ4v) is 1.92. The highest BCUT2D eigenvalue weighted by Gasteiger charge is 2.08. The molecule has 0 spiro atoms. The molecule has 0 atom stereocenters. The molecule has 0 saturated carbocycles. The average molecular weight is 304 g/mol. The summed E-state index contributed by atoms with van der Waals surface area (Å²) in [6.07, 6.45) is 0.104. The maximum Gasteiger partial charge on any atom is 0.248 e. The van der Waals surface area contributed by atoms with E-state index in [1.807, 2.05) is 0 Å². The first-order chi connectivity index (χ1) is 10.5. The van der Waals surface area contributed by atoms with Gasteiger partial charge in [0, 0.05) is 17.7 Å². The Hall–Kier alpha value is -2.76. The van der Waals surface area contributed by atoms with E-state index in [1.54, 1.807) is 12.1 Å². The van der Waals surface area contributed by atoms with Gasteiger partial charge in [-0.05, 0) is 54.4 Å². The van der Waals surface area contributed by atoms with E-state index in [4.69, 9.17) is 5.73 Å². The molecule has 0 heterocycles. The van der Waals surface area contributed by atoms with Gasteiger partial charge < -0.3 is 11.1 Å². The zero-order chi connectivity index (χ0) is 16.1. The number of amides is 2. The summed E-state index contributed by atoms with van der Waals surface area (Å²) in [5.74, 6) is -1.98. The van der Waals surface area contributed by atoms with Crippen molar-refractivity contribution in [3.63, 3.8) is 0 Å². The Morgan fingerprint density at radius 1 is 1.05 bits per heavy atom. The molecule has 0 aliphatic rings. The van der Waals surface area contributed by atoms with Gasteiger partial charge in [-0.25, -0.2) is 8.78 Å². The lowest BCUT2D eigenvalue weighted by molar-refractivity contribution is -0.116. The topological polar surface area (TPSA) is 72.2 Å². The maximum absolute atomic E-state index is 13.4. The number of hydrogen-bond acceptors (Lipinski definition) is 2. The van der Waals surface area contributed by atoms with Crippen molar-refractivity contribution >= 4 is 17.5 Å². The van der Waals surface area contributed by atoms with E-state index in [0.717, 1.165) is 18.2 Å². The SMILES string of the molecule is NC(=O)c1ccc(NC(=O)CCc2cc(F)ccc2F)cc1. The molecular weight excluding hydrogens is 290 g/mol. The summed E-state index contributed by atoms with van der Waals surface area (Å²) >= 11 is 0. The van der Waals surface area contributed by atoms with Crippen LogP contribution in [0, 0.1) is 11.6 Å². The van der Waals surface area contributed by atoms with Gasteiger partial charge in [0.2, 0.25) is 11.8 Å². The third kappa shape index (κ3) is 4.12. The van der Waals surface area contributed by atoms with Crippen molar-refractivity contribution in [3.8, 4) is 0 Å². The van der Waals surface area contributed by atoms with Crippen molar-refractivity contribution in [2.75, 3.05) is 5.32 Å². The predicted molar refractivity (Wildman–Crippen MR) is 78.3 cm³/mol. The first-order valence-electron chi connectivity index (χ1n) is 6.59. The number of halogens is 2. The number of carbonyl (C=O) groups excluding carboxylic acids is 2. The third-order valence-electron chi connectivity index (χ3n) is 3.08. The number of aryl methyl sites for hydroxylation is 1. The molecule has 22 heavy (non-hydrogen) atoms. The molecule has 0 unspecified atom stereocenters.